The zero-order valence-corrected chi connectivity index (χ0v) is 12.2. The summed E-state index contributed by atoms with van der Waals surface area (Å²) in [5.41, 5.74) is 3.95. The summed E-state index contributed by atoms with van der Waals surface area (Å²) in [6.45, 7) is 5.55. The Kier molecular flexibility index (Phi) is 4.09. The molecule has 0 heterocycles. The minimum atomic E-state index is -0.765. The number of aliphatic hydroxyl groups is 1. The Morgan fingerprint density at radius 1 is 1.00 bits per heavy atom. The molecule has 0 aliphatic heterocycles. The molecule has 0 spiro atoms. The molecule has 2 aromatic carbocycles. The monoisotopic (exact) mass is 274 g/mol. The van der Waals surface area contributed by atoms with E-state index in [1.807, 2.05) is 26.0 Å². The van der Waals surface area contributed by atoms with Crippen LogP contribution in [0.1, 0.15) is 33.9 Å². The van der Waals surface area contributed by atoms with E-state index in [2.05, 4.69) is 0 Å². The van der Waals surface area contributed by atoms with Gasteiger partial charge >= 0.3 is 0 Å². The molecule has 0 aliphatic carbocycles. The number of halogens is 1. The summed E-state index contributed by atoms with van der Waals surface area (Å²) in [5, 5.41) is 10.5. The first-order valence-corrected chi connectivity index (χ1v) is 6.53. The van der Waals surface area contributed by atoms with Gasteiger partial charge in [-0.05, 0) is 66.8 Å². The van der Waals surface area contributed by atoms with E-state index in [9.17, 15) is 9.50 Å². The third kappa shape index (κ3) is 2.68. The SMILES string of the molecule is COc1cc(C)c(C(O)c2ccc(F)c(C)c2)cc1C. The minimum Gasteiger partial charge on any atom is -0.496 e. The van der Waals surface area contributed by atoms with Gasteiger partial charge in [0.25, 0.3) is 0 Å². The fourth-order valence-corrected chi connectivity index (χ4v) is 2.34. The molecule has 0 aromatic heterocycles. The van der Waals surface area contributed by atoms with E-state index in [1.165, 1.54) is 6.07 Å². The highest BCUT2D eigenvalue weighted by molar-refractivity contribution is 5.45. The number of hydrogen-bond acceptors (Lipinski definition) is 2. The van der Waals surface area contributed by atoms with Gasteiger partial charge < -0.3 is 9.84 Å². The Balaban J connectivity index is 2.45. The Morgan fingerprint density at radius 2 is 1.70 bits per heavy atom. The van der Waals surface area contributed by atoms with Crippen LogP contribution in [0.3, 0.4) is 0 Å². The van der Waals surface area contributed by atoms with Crippen LogP contribution in [0, 0.1) is 26.6 Å². The van der Waals surface area contributed by atoms with Crippen molar-refractivity contribution < 1.29 is 14.2 Å². The molecular weight excluding hydrogens is 255 g/mol. The molecule has 0 saturated carbocycles. The summed E-state index contributed by atoms with van der Waals surface area (Å²) in [4.78, 5) is 0. The van der Waals surface area contributed by atoms with E-state index in [4.69, 9.17) is 4.74 Å². The summed E-state index contributed by atoms with van der Waals surface area (Å²) in [6, 6.07) is 8.51. The molecule has 106 valence electrons. The first kappa shape index (κ1) is 14.5. The Labute approximate surface area is 118 Å². The van der Waals surface area contributed by atoms with Crippen LogP contribution in [0.15, 0.2) is 30.3 Å². The van der Waals surface area contributed by atoms with Crippen molar-refractivity contribution in [2.75, 3.05) is 7.11 Å². The third-order valence-electron chi connectivity index (χ3n) is 3.58. The average molecular weight is 274 g/mol. The molecule has 1 unspecified atom stereocenters. The lowest BCUT2D eigenvalue weighted by atomic mass is 9.94. The van der Waals surface area contributed by atoms with Crippen molar-refractivity contribution in [1.29, 1.82) is 0 Å². The molecule has 2 rings (SSSR count). The second-order valence-corrected chi connectivity index (χ2v) is 5.09. The van der Waals surface area contributed by atoms with Crippen LogP contribution in [0.4, 0.5) is 4.39 Å². The molecule has 20 heavy (non-hydrogen) atoms. The molecule has 2 nitrogen and oxygen atoms in total. The Morgan fingerprint density at radius 3 is 2.30 bits per heavy atom. The molecule has 0 bridgehead atoms. The van der Waals surface area contributed by atoms with E-state index in [0.29, 0.717) is 11.1 Å². The van der Waals surface area contributed by atoms with Crippen LogP contribution in [0.5, 0.6) is 5.75 Å². The Bertz CT molecular complexity index is 635. The van der Waals surface area contributed by atoms with E-state index < -0.39 is 6.10 Å². The zero-order chi connectivity index (χ0) is 14.9. The van der Waals surface area contributed by atoms with Crippen LogP contribution < -0.4 is 4.74 Å². The summed E-state index contributed by atoms with van der Waals surface area (Å²) in [7, 11) is 1.63. The first-order valence-electron chi connectivity index (χ1n) is 6.53. The van der Waals surface area contributed by atoms with Gasteiger partial charge in [0.1, 0.15) is 17.7 Å². The third-order valence-corrected chi connectivity index (χ3v) is 3.58. The molecule has 0 radical (unpaired) electrons. The first-order chi connectivity index (χ1) is 9.43. The van der Waals surface area contributed by atoms with E-state index >= 15 is 0 Å². The van der Waals surface area contributed by atoms with Crippen molar-refractivity contribution in [3.8, 4) is 5.75 Å². The maximum absolute atomic E-state index is 13.3. The molecule has 3 heteroatoms. The van der Waals surface area contributed by atoms with Crippen molar-refractivity contribution in [2.45, 2.75) is 26.9 Å². The molecule has 1 N–H and O–H groups in total. The number of aliphatic hydroxyl groups excluding tert-OH is 1. The normalized spacial score (nSPS) is 12.3. The van der Waals surface area contributed by atoms with Gasteiger partial charge in [-0.3, -0.25) is 0 Å². The van der Waals surface area contributed by atoms with Gasteiger partial charge in [0.15, 0.2) is 0 Å². The maximum Gasteiger partial charge on any atom is 0.126 e. The highest BCUT2D eigenvalue weighted by Gasteiger charge is 2.16. The molecule has 0 amide bonds. The molecular formula is C17H19FO2. The van der Waals surface area contributed by atoms with Gasteiger partial charge in [0, 0.05) is 0 Å². The second-order valence-electron chi connectivity index (χ2n) is 5.09. The lowest BCUT2D eigenvalue weighted by molar-refractivity contribution is 0.219. The highest BCUT2D eigenvalue weighted by atomic mass is 19.1. The Hall–Kier alpha value is -1.87. The van der Waals surface area contributed by atoms with Gasteiger partial charge in [-0.2, -0.15) is 0 Å². The molecule has 0 saturated heterocycles. The smallest absolute Gasteiger partial charge is 0.126 e. The summed E-state index contributed by atoms with van der Waals surface area (Å²) in [5.74, 6) is 0.539. The van der Waals surface area contributed by atoms with Crippen LogP contribution in [0.2, 0.25) is 0 Å². The van der Waals surface area contributed by atoms with Gasteiger partial charge in [0.2, 0.25) is 0 Å². The predicted molar refractivity (Wildman–Crippen MR) is 77.7 cm³/mol. The maximum atomic E-state index is 13.3. The number of ether oxygens (including phenoxy) is 1. The minimum absolute atomic E-state index is 0.261. The second kappa shape index (κ2) is 5.63. The van der Waals surface area contributed by atoms with E-state index in [-0.39, 0.29) is 5.82 Å². The number of aryl methyl sites for hydroxylation is 3. The van der Waals surface area contributed by atoms with E-state index in [0.717, 1.165) is 22.4 Å². The van der Waals surface area contributed by atoms with Crippen molar-refractivity contribution in [3.05, 3.63) is 64.0 Å². The topological polar surface area (TPSA) is 29.5 Å². The van der Waals surface area contributed by atoms with Crippen molar-refractivity contribution in [3.63, 3.8) is 0 Å². The van der Waals surface area contributed by atoms with Gasteiger partial charge in [-0.25, -0.2) is 4.39 Å². The molecule has 0 aliphatic rings. The summed E-state index contributed by atoms with van der Waals surface area (Å²) < 4.78 is 18.6. The lowest BCUT2D eigenvalue weighted by Gasteiger charge is -2.17. The number of methoxy groups -OCH3 is 1. The van der Waals surface area contributed by atoms with Crippen molar-refractivity contribution in [1.82, 2.24) is 0 Å². The predicted octanol–water partition coefficient (Wildman–Crippen LogP) is 3.84. The molecule has 1 atom stereocenters. The number of benzene rings is 2. The quantitative estimate of drug-likeness (QED) is 0.921. The highest BCUT2D eigenvalue weighted by Crippen LogP contribution is 2.30. The fraction of sp³-hybridized carbons (Fsp3) is 0.294. The molecule has 0 fully saturated rings. The lowest BCUT2D eigenvalue weighted by Crippen LogP contribution is -2.04. The largest absolute Gasteiger partial charge is 0.496 e. The fourth-order valence-electron chi connectivity index (χ4n) is 2.34. The zero-order valence-electron chi connectivity index (χ0n) is 12.2. The van der Waals surface area contributed by atoms with Gasteiger partial charge in [-0.1, -0.05) is 12.1 Å². The van der Waals surface area contributed by atoms with Crippen molar-refractivity contribution >= 4 is 0 Å². The van der Waals surface area contributed by atoms with E-state index in [1.54, 1.807) is 26.2 Å². The van der Waals surface area contributed by atoms with Crippen LogP contribution >= 0.6 is 0 Å². The van der Waals surface area contributed by atoms with Crippen molar-refractivity contribution in [2.24, 2.45) is 0 Å². The van der Waals surface area contributed by atoms with Crippen LogP contribution in [-0.4, -0.2) is 12.2 Å². The van der Waals surface area contributed by atoms with Gasteiger partial charge in [0.05, 0.1) is 7.11 Å². The number of rotatable bonds is 3. The van der Waals surface area contributed by atoms with Gasteiger partial charge in [-0.15, -0.1) is 0 Å². The summed E-state index contributed by atoms with van der Waals surface area (Å²) in [6.07, 6.45) is -0.765. The molecule has 2 aromatic rings. The average Bonchev–Trinajstić information content (AvgIpc) is 2.43. The summed E-state index contributed by atoms with van der Waals surface area (Å²) >= 11 is 0. The van der Waals surface area contributed by atoms with Crippen LogP contribution in [0.25, 0.3) is 0 Å². The standard InChI is InChI=1S/C17H19FO2/c1-10-9-16(20-4)12(3)8-14(10)17(19)13-5-6-15(18)11(2)7-13/h5-9,17,19H,1-4H3. The number of hydrogen-bond donors (Lipinski definition) is 1. The van der Waals surface area contributed by atoms with Crippen LogP contribution in [-0.2, 0) is 0 Å².